The van der Waals surface area contributed by atoms with Gasteiger partial charge in [-0.15, -0.1) is 0 Å². The van der Waals surface area contributed by atoms with Gasteiger partial charge in [0.2, 0.25) is 47.3 Å². The highest BCUT2D eigenvalue weighted by Crippen LogP contribution is 2.38. The van der Waals surface area contributed by atoms with Crippen molar-refractivity contribution < 1.29 is 51.6 Å². The van der Waals surface area contributed by atoms with Gasteiger partial charge in [-0.1, -0.05) is 0 Å². The number of piperidine rings is 3. The summed E-state index contributed by atoms with van der Waals surface area (Å²) in [5, 5.41) is 15.3. The third kappa shape index (κ3) is 9.00. The van der Waals surface area contributed by atoms with Crippen molar-refractivity contribution in [3.8, 4) is 0 Å². The van der Waals surface area contributed by atoms with Crippen LogP contribution in [0.15, 0.2) is 86.6 Å². The van der Waals surface area contributed by atoms with Crippen LogP contribution in [0.1, 0.15) is 98.7 Å². The number of anilines is 3. The molecule has 6 heterocycles. The van der Waals surface area contributed by atoms with Crippen LogP contribution in [0.4, 0.5) is 17.1 Å². The molecule has 5 aliphatic rings. The van der Waals surface area contributed by atoms with Gasteiger partial charge in [-0.2, -0.15) is 0 Å². The van der Waals surface area contributed by atoms with Crippen LogP contribution >= 0.6 is 0 Å². The van der Waals surface area contributed by atoms with Crippen LogP contribution in [0.2, 0.25) is 0 Å². The molecule has 2 aliphatic carbocycles. The lowest BCUT2D eigenvalue weighted by Gasteiger charge is -2.19. The molecule has 3 aromatic carbocycles. The van der Waals surface area contributed by atoms with Crippen molar-refractivity contribution in [2.24, 2.45) is 11.8 Å². The highest BCUT2D eigenvalue weighted by molar-refractivity contribution is 6.05. The molecule has 17 heteroatoms. The van der Waals surface area contributed by atoms with E-state index in [0.29, 0.717) is 72.3 Å². The molecule has 0 spiro atoms. The molecule has 3 atom stereocenters. The third-order valence-electron chi connectivity index (χ3n) is 12.1. The lowest BCUT2D eigenvalue weighted by Crippen LogP contribution is -2.39. The van der Waals surface area contributed by atoms with E-state index in [1.807, 2.05) is 12.1 Å². The number of nitrogens with two attached hydrogens (primary N) is 1. The Bertz CT molecular complexity index is 2760. The lowest BCUT2D eigenvalue weighted by atomic mass is 9.90. The Labute approximate surface area is 364 Å². The van der Waals surface area contributed by atoms with Gasteiger partial charge in [-0.05, 0) is 99.5 Å². The average Bonchev–Trinajstić information content (AvgIpc) is 4.19. The van der Waals surface area contributed by atoms with Gasteiger partial charge in [0.25, 0.3) is 0 Å². The summed E-state index contributed by atoms with van der Waals surface area (Å²) in [4.78, 5) is 93.4. The maximum Gasteiger partial charge on any atom is 0.234 e. The van der Waals surface area contributed by atoms with E-state index < -0.39 is 11.8 Å². The Balaban J connectivity index is 0.000000123. The number of hydrogen-bond donors (Lipinski definition) is 6. The average molecular weight is 869 g/mol. The van der Waals surface area contributed by atoms with Gasteiger partial charge in [0.15, 0.2) is 0 Å². The van der Waals surface area contributed by atoms with Gasteiger partial charge in [0, 0.05) is 81.0 Å². The third-order valence-corrected chi connectivity index (χ3v) is 12.1. The summed E-state index contributed by atoms with van der Waals surface area (Å²) in [5.41, 5.74) is 12.1. The molecule has 7 N–H and O–H groups in total. The van der Waals surface area contributed by atoms with Crippen molar-refractivity contribution in [3.63, 3.8) is 0 Å². The van der Waals surface area contributed by atoms with E-state index in [-0.39, 0.29) is 65.0 Å². The number of furan rings is 3. The van der Waals surface area contributed by atoms with Gasteiger partial charge >= 0.3 is 0 Å². The molecule has 8 amide bonds. The minimum atomic E-state index is -0.400. The second kappa shape index (κ2) is 17.3. The van der Waals surface area contributed by atoms with Gasteiger partial charge in [0.05, 0.1) is 36.5 Å². The van der Waals surface area contributed by atoms with E-state index >= 15 is 0 Å². The second-order valence-corrected chi connectivity index (χ2v) is 16.8. The summed E-state index contributed by atoms with van der Waals surface area (Å²) in [6, 6.07) is 16.1. The molecule has 0 radical (unpaired) electrons. The first kappa shape index (κ1) is 41.8. The van der Waals surface area contributed by atoms with Crippen LogP contribution in [0.25, 0.3) is 32.9 Å². The number of imide groups is 3. The van der Waals surface area contributed by atoms with Crippen LogP contribution < -0.4 is 32.3 Å². The predicted molar refractivity (Wildman–Crippen MR) is 231 cm³/mol. The molecule has 3 aliphatic heterocycles. The molecule has 11 rings (SSSR count). The van der Waals surface area contributed by atoms with Crippen molar-refractivity contribution in [1.29, 1.82) is 0 Å². The largest absolute Gasteiger partial charge is 0.464 e. The SMILES string of the molecule is Nc1ccc2occ(C3CCC(=O)NC3=O)c2c1.O=C1CCC(c2coc3ccc(NC(=O)C4CC4)cc23)C(=O)N1.O=C1CCC(c2coc3ccc(NC(=O)C4CC4)cc23)C(=O)N1. The molecule has 64 heavy (non-hydrogen) atoms. The molecule has 0 bridgehead atoms. The van der Waals surface area contributed by atoms with E-state index in [1.54, 1.807) is 61.3 Å². The van der Waals surface area contributed by atoms with Crippen LogP contribution in [-0.2, 0) is 38.4 Å². The fourth-order valence-electron chi connectivity index (χ4n) is 8.28. The van der Waals surface area contributed by atoms with Gasteiger partial charge < -0.3 is 29.6 Å². The van der Waals surface area contributed by atoms with E-state index in [4.69, 9.17) is 19.0 Å². The zero-order chi connectivity index (χ0) is 44.6. The Kier molecular flexibility index (Phi) is 11.3. The van der Waals surface area contributed by atoms with Crippen LogP contribution in [-0.4, -0.2) is 47.3 Å². The standard InChI is InChI=1S/2C17H16N2O4.C13H12N2O3/c2*20-15-6-4-11(17(22)19-15)13-8-23-14-5-3-10(7-12(13)14)18-16(21)9-1-2-9;14-7-1-3-11-9(5-7)10(6-18-11)8-2-4-12(16)15-13(8)17/h2*3,5,7-9,11H,1-2,4,6H2,(H,18,21)(H,19,20,22);1,3,5-6,8H,2,4,14H2,(H,15,16,17). The zero-order valence-corrected chi connectivity index (χ0v) is 34.5. The van der Waals surface area contributed by atoms with Gasteiger partial charge in [0.1, 0.15) is 16.7 Å². The molecular formula is C47H44N6O11. The van der Waals surface area contributed by atoms with E-state index in [1.165, 1.54) is 0 Å². The number of rotatable bonds is 7. The maximum absolute atomic E-state index is 12.1. The summed E-state index contributed by atoms with van der Waals surface area (Å²) in [6.45, 7) is 0. The number of nitrogen functional groups attached to an aromatic ring is 1. The molecule has 328 valence electrons. The summed E-state index contributed by atoms with van der Waals surface area (Å²) in [6.07, 6.45) is 10.9. The Morgan fingerprint density at radius 3 is 1.17 bits per heavy atom. The predicted octanol–water partition coefficient (Wildman–Crippen LogP) is 6.14. The van der Waals surface area contributed by atoms with Gasteiger partial charge in [-0.3, -0.25) is 54.3 Å². The van der Waals surface area contributed by atoms with E-state index in [9.17, 15) is 38.4 Å². The number of fused-ring (bicyclic) bond motifs is 3. The molecule has 3 unspecified atom stereocenters. The monoisotopic (exact) mass is 868 g/mol. The number of benzene rings is 3. The summed E-state index contributed by atoms with van der Waals surface area (Å²) in [7, 11) is 0. The fraction of sp³-hybridized carbons (Fsp3) is 0.319. The molecule has 6 aromatic rings. The van der Waals surface area contributed by atoms with E-state index in [2.05, 4.69) is 26.6 Å². The molecule has 3 saturated heterocycles. The quantitative estimate of drug-likeness (QED) is 0.0781. The molecule has 5 fully saturated rings. The minimum absolute atomic E-state index is 0.0374. The first-order valence-corrected chi connectivity index (χ1v) is 21.3. The van der Waals surface area contributed by atoms with Crippen molar-refractivity contribution in [3.05, 3.63) is 90.1 Å². The van der Waals surface area contributed by atoms with Gasteiger partial charge in [-0.25, -0.2) is 0 Å². The minimum Gasteiger partial charge on any atom is -0.464 e. The topological polar surface area (TPSA) is 262 Å². The zero-order valence-electron chi connectivity index (χ0n) is 34.5. The smallest absolute Gasteiger partial charge is 0.234 e. The number of carbonyl (C=O) groups excluding carboxylic acids is 8. The Morgan fingerprint density at radius 1 is 0.484 bits per heavy atom. The van der Waals surface area contributed by atoms with E-state index in [0.717, 1.165) is 58.5 Å². The highest BCUT2D eigenvalue weighted by atomic mass is 16.3. The highest BCUT2D eigenvalue weighted by Gasteiger charge is 2.34. The number of hydrogen-bond acceptors (Lipinski definition) is 12. The molecule has 2 saturated carbocycles. The normalized spacial score (nSPS) is 21.0. The number of carbonyl (C=O) groups is 8. The Hall–Kier alpha value is -7.56. The maximum atomic E-state index is 12.1. The van der Waals surface area contributed by atoms with Crippen LogP contribution in [0, 0.1) is 11.8 Å². The van der Waals surface area contributed by atoms with Crippen molar-refractivity contribution in [2.45, 2.75) is 82.0 Å². The van der Waals surface area contributed by atoms with Crippen molar-refractivity contribution in [2.75, 3.05) is 16.4 Å². The first-order chi connectivity index (χ1) is 30.9. The Morgan fingerprint density at radius 2 is 0.828 bits per heavy atom. The summed E-state index contributed by atoms with van der Waals surface area (Å²) >= 11 is 0. The lowest BCUT2D eigenvalue weighted by molar-refractivity contribution is -0.135. The molecule has 17 nitrogen and oxygen atoms in total. The van der Waals surface area contributed by atoms with Crippen molar-refractivity contribution in [1.82, 2.24) is 16.0 Å². The number of amides is 8. The number of nitrogens with one attached hydrogen (secondary N) is 5. The van der Waals surface area contributed by atoms with Crippen LogP contribution in [0.3, 0.4) is 0 Å². The summed E-state index contributed by atoms with van der Waals surface area (Å²) < 4.78 is 16.5. The van der Waals surface area contributed by atoms with Crippen LogP contribution in [0.5, 0.6) is 0 Å². The summed E-state index contributed by atoms with van der Waals surface area (Å²) in [5.74, 6) is -2.36. The molecule has 3 aromatic heterocycles. The first-order valence-electron chi connectivity index (χ1n) is 21.3. The fourth-order valence-corrected chi connectivity index (χ4v) is 8.28. The van der Waals surface area contributed by atoms with Crippen molar-refractivity contribution >= 4 is 97.2 Å². The molecular weight excluding hydrogens is 825 g/mol. The second-order valence-electron chi connectivity index (χ2n) is 16.8.